The van der Waals surface area contributed by atoms with Crippen LogP contribution in [0.1, 0.15) is 39.5 Å². The van der Waals surface area contributed by atoms with E-state index in [1.54, 1.807) is 0 Å². The number of rotatable bonds is 6. The Hall–Kier alpha value is -0.990. The first-order valence-electron chi connectivity index (χ1n) is 5.48. The Morgan fingerprint density at radius 3 is 2.86 bits per heavy atom. The Labute approximate surface area is 86.5 Å². The molecular weight excluding hydrogens is 174 g/mol. The molecule has 80 valence electrons. The summed E-state index contributed by atoms with van der Waals surface area (Å²) in [4.78, 5) is 0. The standard InChI is InChI=1S/C11H21N3/c1-4-5-6-7-10(2)12-11-8-9-14(3)13-11/h8-10H,4-7H2,1-3H3,(H,12,13)/t10-/m1/s1. The highest BCUT2D eigenvalue weighted by atomic mass is 15.3. The Kier molecular flexibility index (Phi) is 4.50. The van der Waals surface area contributed by atoms with Crippen LogP contribution in [-0.2, 0) is 7.05 Å². The van der Waals surface area contributed by atoms with Gasteiger partial charge >= 0.3 is 0 Å². The van der Waals surface area contributed by atoms with Crippen molar-refractivity contribution in [1.29, 1.82) is 0 Å². The quantitative estimate of drug-likeness (QED) is 0.707. The van der Waals surface area contributed by atoms with Gasteiger partial charge in [-0.15, -0.1) is 0 Å². The molecule has 0 unspecified atom stereocenters. The molecular formula is C11H21N3. The van der Waals surface area contributed by atoms with E-state index in [9.17, 15) is 0 Å². The molecule has 0 radical (unpaired) electrons. The number of nitrogens with zero attached hydrogens (tertiary/aromatic N) is 2. The zero-order valence-electron chi connectivity index (χ0n) is 9.45. The first-order chi connectivity index (χ1) is 6.72. The molecule has 0 fully saturated rings. The lowest BCUT2D eigenvalue weighted by molar-refractivity contribution is 0.612. The Morgan fingerprint density at radius 2 is 2.29 bits per heavy atom. The monoisotopic (exact) mass is 195 g/mol. The van der Waals surface area contributed by atoms with Crippen molar-refractivity contribution in [2.45, 2.75) is 45.6 Å². The summed E-state index contributed by atoms with van der Waals surface area (Å²) in [5, 5.41) is 7.67. The third kappa shape index (κ3) is 3.81. The molecule has 1 aromatic heterocycles. The van der Waals surface area contributed by atoms with Crippen LogP contribution in [0.5, 0.6) is 0 Å². The fourth-order valence-electron chi connectivity index (χ4n) is 1.52. The Bertz CT molecular complexity index is 255. The first-order valence-corrected chi connectivity index (χ1v) is 5.48. The zero-order chi connectivity index (χ0) is 10.4. The van der Waals surface area contributed by atoms with Crippen LogP contribution in [0.2, 0.25) is 0 Å². The highest BCUT2D eigenvalue weighted by molar-refractivity contribution is 5.32. The second-order valence-electron chi connectivity index (χ2n) is 3.92. The third-order valence-corrected chi connectivity index (χ3v) is 2.35. The predicted octanol–water partition coefficient (Wildman–Crippen LogP) is 2.80. The summed E-state index contributed by atoms with van der Waals surface area (Å²) >= 11 is 0. The van der Waals surface area contributed by atoms with Crippen molar-refractivity contribution >= 4 is 5.82 Å². The van der Waals surface area contributed by atoms with Crippen LogP contribution >= 0.6 is 0 Å². The summed E-state index contributed by atoms with van der Waals surface area (Å²) in [6, 6.07) is 2.53. The third-order valence-electron chi connectivity index (χ3n) is 2.35. The molecule has 1 heterocycles. The van der Waals surface area contributed by atoms with Crippen LogP contribution in [0.15, 0.2) is 12.3 Å². The maximum absolute atomic E-state index is 4.28. The summed E-state index contributed by atoms with van der Waals surface area (Å²) in [5.74, 6) is 0.983. The minimum absolute atomic E-state index is 0.524. The Balaban J connectivity index is 2.23. The summed E-state index contributed by atoms with van der Waals surface area (Å²) < 4.78 is 1.82. The molecule has 0 aromatic carbocycles. The first kappa shape index (κ1) is 11.1. The summed E-state index contributed by atoms with van der Waals surface area (Å²) in [6.07, 6.45) is 7.10. The van der Waals surface area contributed by atoms with E-state index in [1.807, 2.05) is 24.0 Å². The van der Waals surface area contributed by atoms with Gasteiger partial charge in [-0.3, -0.25) is 4.68 Å². The van der Waals surface area contributed by atoms with Crippen LogP contribution in [-0.4, -0.2) is 15.8 Å². The van der Waals surface area contributed by atoms with E-state index in [2.05, 4.69) is 24.3 Å². The highest BCUT2D eigenvalue weighted by Crippen LogP contribution is 2.09. The summed E-state index contributed by atoms with van der Waals surface area (Å²) in [7, 11) is 1.94. The largest absolute Gasteiger partial charge is 0.366 e. The van der Waals surface area contributed by atoms with Crippen molar-refractivity contribution in [1.82, 2.24) is 9.78 Å². The molecule has 0 aliphatic heterocycles. The molecule has 3 heteroatoms. The molecule has 14 heavy (non-hydrogen) atoms. The van der Waals surface area contributed by atoms with Crippen LogP contribution in [0.25, 0.3) is 0 Å². The number of anilines is 1. The van der Waals surface area contributed by atoms with Crippen molar-refractivity contribution in [3.63, 3.8) is 0 Å². The maximum atomic E-state index is 4.28. The lowest BCUT2D eigenvalue weighted by atomic mass is 10.1. The minimum Gasteiger partial charge on any atom is -0.366 e. The molecule has 0 spiro atoms. The van der Waals surface area contributed by atoms with Gasteiger partial charge in [0.15, 0.2) is 0 Å². The van der Waals surface area contributed by atoms with E-state index in [0.29, 0.717) is 6.04 Å². The van der Waals surface area contributed by atoms with Crippen molar-refractivity contribution in [3.8, 4) is 0 Å². The van der Waals surface area contributed by atoms with Crippen LogP contribution in [0, 0.1) is 0 Å². The number of hydrogen-bond donors (Lipinski definition) is 1. The van der Waals surface area contributed by atoms with E-state index in [4.69, 9.17) is 0 Å². The van der Waals surface area contributed by atoms with E-state index >= 15 is 0 Å². The van der Waals surface area contributed by atoms with Gasteiger partial charge in [-0.2, -0.15) is 5.10 Å². The molecule has 0 aliphatic rings. The molecule has 0 amide bonds. The average Bonchev–Trinajstić information content (AvgIpc) is 2.52. The average molecular weight is 195 g/mol. The summed E-state index contributed by atoms with van der Waals surface area (Å²) in [5.41, 5.74) is 0. The maximum Gasteiger partial charge on any atom is 0.148 e. The van der Waals surface area contributed by atoms with Crippen LogP contribution in [0.4, 0.5) is 5.82 Å². The van der Waals surface area contributed by atoms with Gasteiger partial charge in [0, 0.05) is 25.4 Å². The number of unbranched alkanes of at least 4 members (excludes halogenated alkanes) is 2. The van der Waals surface area contributed by atoms with E-state index < -0.39 is 0 Å². The van der Waals surface area contributed by atoms with Gasteiger partial charge in [0.2, 0.25) is 0 Å². The van der Waals surface area contributed by atoms with E-state index in [-0.39, 0.29) is 0 Å². The Morgan fingerprint density at radius 1 is 1.50 bits per heavy atom. The number of nitrogens with one attached hydrogen (secondary N) is 1. The SMILES string of the molecule is CCCCC[C@@H](C)Nc1ccn(C)n1. The van der Waals surface area contributed by atoms with Gasteiger partial charge in [-0.25, -0.2) is 0 Å². The molecule has 1 atom stereocenters. The summed E-state index contributed by atoms with van der Waals surface area (Å²) in [6.45, 7) is 4.45. The van der Waals surface area contributed by atoms with Gasteiger partial charge in [-0.05, 0) is 13.3 Å². The van der Waals surface area contributed by atoms with Crippen LogP contribution in [0.3, 0.4) is 0 Å². The lowest BCUT2D eigenvalue weighted by Gasteiger charge is -2.12. The van der Waals surface area contributed by atoms with Crippen molar-refractivity contribution in [3.05, 3.63) is 12.3 Å². The number of hydrogen-bond acceptors (Lipinski definition) is 2. The van der Waals surface area contributed by atoms with Gasteiger partial charge in [0.25, 0.3) is 0 Å². The minimum atomic E-state index is 0.524. The van der Waals surface area contributed by atoms with E-state index in [0.717, 1.165) is 5.82 Å². The molecule has 1 N–H and O–H groups in total. The van der Waals surface area contributed by atoms with Gasteiger partial charge in [0.05, 0.1) is 0 Å². The van der Waals surface area contributed by atoms with Gasteiger partial charge in [-0.1, -0.05) is 26.2 Å². The molecule has 0 aliphatic carbocycles. The van der Waals surface area contributed by atoms with Gasteiger partial charge < -0.3 is 5.32 Å². The van der Waals surface area contributed by atoms with Crippen molar-refractivity contribution < 1.29 is 0 Å². The zero-order valence-corrected chi connectivity index (χ0v) is 9.45. The molecule has 1 aromatic rings. The predicted molar refractivity (Wildman–Crippen MR) is 60.4 cm³/mol. The molecule has 3 nitrogen and oxygen atoms in total. The second kappa shape index (κ2) is 5.68. The smallest absolute Gasteiger partial charge is 0.148 e. The van der Waals surface area contributed by atoms with Crippen molar-refractivity contribution in [2.75, 3.05) is 5.32 Å². The topological polar surface area (TPSA) is 29.9 Å². The van der Waals surface area contributed by atoms with Crippen molar-refractivity contribution in [2.24, 2.45) is 7.05 Å². The number of aryl methyl sites for hydroxylation is 1. The molecule has 0 saturated heterocycles. The molecule has 0 bridgehead atoms. The highest BCUT2D eigenvalue weighted by Gasteiger charge is 2.02. The molecule has 0 saturated carbocycles. The van der Waals surface area contributed by atoms with Crippen LogP contribution < -0.4 is 5.32 Å². The fourth-order valence-corrected chi connectivity index (χ4v) is 1.52. The molecule has 1 rings (SSSR count). The normalized spacial score (nSPS) is 12.8. The van der Waals surface area contributed by atoms with Gasteiger partial charge in [0.1, 0.15) is 5.82 Å². The van der Waals surface area contributed by atoms with E-state index in [1.165, 1.54) is 25.7 Å². The lowest BCUT2D eigenvalue weighted by Crippen LogP contribution is -2.15. The number of aromatic nitrogens is 2. The second-order valence-corrected chi connectivity index (χ2v) is 3.92. The fraction of sp³-hybridized carbons (Fsp3) is 0.727.